The van der Waals surface area contributed by atoms with Crippen LogP contribution in [0, 0.1) is 6.92 Å². The van der Waals surface area contributed by atoms with Crippen LogP contribution in [0.3, 0.4) is 0 Å². The summed E-state index contributed by atoms with van der Waals surface area (Å²) in [6.45, 7) is 1.71. The molecule has 0 spiro atoms. The molecule has 1 unspecified atom stereocenters. The normalized spacial score (nSPS) is 12.2. The molecule has 0 aliphatic rings. The monoisotopic (exact) mass is 249 g/mol. The van der Waals surface area contributed by atoms with Crippen molar-refractivity contribution in [3.8, 4) is 11.5 Å². The fourth-order valence-electron chi connectivity index (χ4n) is 1.74. The van der Waals surface area contributed by atoms with Crippen molar-refractivity contribution in [2.24, 2.45) is 5.73 Å². The predicted molar refractivity (Wildman–Crippen MR) is 64.6 cm³/mol. The summed E-state index contributed by atoms with van der Waals surface area (Å²) < 4.78 is 15.5. The van der Waals surface area contributed by atoms with Crippen LogP contribution in [-0.2, 0) is 0 Å². The second-order valence-corrected chi connectivity index (χ2v) is 3.73. The molecule has 1 heterocycles. The summed E-state index contributed by atoms with van der Waals surface area (Å²) in [4.78, 5) is 4.12. The molecule has 0 aliphatic carbocycles. The number of aryl methyl sites for hydroxylation is 1. The largest absolute Gasteiger partial charge is 0.493 e. The Morgan fingerprint density at radius 2 is 2.06 bits per heavy atom. The molecule has 0 bridgehead atoms. The van der Waals surface area contributed by atoms with Gasteiger partial charge < -0.3 is 19.7 Å². The van der Waals surface area contributed by atoms with E-state index in [4.69, 9.17) is 19.7 Å². The first-order valence-electron chi connectivity index (χ1n) is 5.44. The van der Waals surface area contributed by atoms with Crippen molar-refractivity contribution in [2.45, 2.75) is 13.0 Å². The number of benzene rings is 1. The fourth-order valence-corrected chi connectivity index (χ4v) is 1.74. The highest BCUT2D eigenvalue weighted by Gasteiger charge is 2.21. The van der Waals surface area contributed by atoms with Crippen molar-refractivity contribution >= 4 is 0 Å². The zero-order valence-electron chi connectivity index (χ0n) is 10.5. The van der Waals surface area contributed by atoms with Crippen molar-refractivity contribution in [1.82, 2.24) is 10.1 Å². The van der Waals surface area contributed by atoms with Crippen LogP contribution in [0.2, 0.25) is 0 Å². The van der Waals surface area contributed by atoms with E-state index in [-0.39, 0.29) is 0 Å². The van der Waals surface area contributed by atoms with Gasteiger partial charge in [0.25, 0.3) is 0 Å². The number of methoxy groups -OCH3 is 2. The van der Waals surface area contributed by atoms with E-state index in [1.54, 1.807) is 27.2 Å². The van der Waals surface area contributed by atoms with Gasteiger partial charge in [-0.25, -0.2) is 0 Å². The number of ether oxygens (including phenoxy) is 2. The number of hydrogen-bond acceptors (Lipinski definition) is 6. The number of aromatic nitrogens is 2. The maximum absolute atomic E-state index is 6.11. The average molecular weight is 249 g/mol. The average Bonchev–Trinajstić information content (AvgIpc) is 2.83. The summed E-state index contributed by atoms with van der Waals surface area (Å²) in [6, 6.07) is 4.96. The Morgan fingerprint density at radius 3 is 2.61 bits per heavy atom. The van der Waals surface area contributed by atoms with Gasteiger partial charge in [0.05, 0.1) is 20.3 Å². The molecule has 0 fully saturated rings. The molecule has 1 aromatic heterocycles. The number of para-hydroxylation sites is 1. The van der Waals surface area contributed by atoms with E-state index in [1.165, 1.54) is 0 Å². The van der Waals surface area contributed by atoms with E-state index in [0.717, 1.165) is 5.56 Å². The molecule has 6 heteroatoms. The lowest BCUT2D eigenvalue weighted by atomic mass is 10.1. The summed E-state index contributed by atoms with van der Waals surface area (Å²) >= 11 is 0. The third kappa shape index (κ3) is 2.14. The van der Waals surface area contributed by atoms with E-state index in [0.29, 0.717) is 23.2 Å². The Kier molecular flexibility index (Phi) is 3.47. The molecule has 0 aliphatic heterocycles. The number of rotatable bonds is 4. The van der Waals surface area contributed by atoms with Gasteiger partial charge in [-0.3, -0.25) is 0 Å². The van der Waals surface area contributed by atoms with Gasteiger partial charge in [-0.1, -0.05) is 17.3 Å². The Morgan fingerprint density at radius 1 is 1.28 bits per heavy atom. The zero-order valence-corrected chi connectivity index (χ0v) is 10.5. The third-order valence-electron chi connectivity index (χ3n) is 2.59. The zero-order chi connectivity index (χ0) is 13.1. The van der Waals surface area contributed by atoms with Crippen molar-refractivity contribution in [2.75, 3.05) is 14.2 Å². The van der Waals surface area contributed by atoms with Gasteiger partial charge in [0.15, 0.2) is 17.3 Å². The molecule has 18 heavy (non-hydrogen) atoms. The summed E-state index contributed by atoms with van der Waals surface area (Å²) in [5.41, 5.74) is 6.86. The molecular formula is C12H15N3O3. The van der Waals surface area contributed by atoms with Crippen LogP contribution in [0.25, 0.3) is 0 Å². The number of hydrogen-bond donors (Lipinski definition) is 1. The molecule has 0 saturated heterocycles. The molecule has 96 valence electrons. The summed E-state index contributed by atoms with van der Waals surface area (Å²) in [5, 5.41) is 3.82. The van der Waals surface area contributed by atoms with E-state index in [1.807, 2.05) is 12.1 Å². The Labute approximate surface area is 105 Å². The van der Waals surface area contributed by atoms with Crippen LogP contribution < -0.4 is 15.2 Å². The van der Waals surface area contributed by atoms with E-state index in [2.05, 4.69) is 10.1 Å². The minimum Gasteiger partial charge on any atom is -0.493 e. The first kappa shape index (κ1) is 12.4. The van der Waals surface area contributed by atoms with E-state index >= 15 is 0 Å². The van der Waals surface area contributed by atoms with Crippen LogP contribution in [0.4, 0.5) is 0 Å². The Bertz CT molecular complexity index is 539. The minimum atomic E-state index is -0.521. The first-order chi connectivity index (χ1) is 8.67. The number of nitrogens with zero attached hydrogens (tertiary/aromatic N) is 2. The molecule has 1 atom stereocenters. The highest BCUT2D eigenvalue weighted by atomic mass is 16.5. The minimum absolute atomic E-state index is 0.416. The molecule has 2 aromatic rings. The van der Waals surface area contributed by atoms with Gasteiger partial charge >= 0.3 is 0 Å². The second-order valence-electron chi connectivity index (χ2n) is 3.73. The fraction of sp³-hybridized carbons (Fsp3) is 0.333. The molecule has 6 nitrogen and oxygen atoms in total. The van der Waals surface area contributed by atoms with Crippen molar-refractivity contribution in [3.63, 3.8) is 0 Å². The van der Waals surface area contributed by atoms with E-state index in [9.17, 15) is 0 Å². The first-order valence-corrected chi connectivity index (χ1v) is 5.44. The van der Waals surface area contributed by atoms with Crippen LogP contribution in [-0.4, -0.2) is 24.4 Å². The third-order valence-corrected chi connectivity index (χ3v) is 2.59. The SMILES string of the molecule is COc1cccc(C(N)c2noc(C)n2)c1OC. The maximum Gasteiger partial charge on any atom is 0.223 e. The molecule has 2 rings (SSSR count). The van der Waals surface area contributed by atoms with Crippen LogP contribution >= 0.6 is 0 Å². The van der Waals surface area contributed by atoms with Gasteiger partial charge in [0.1, 0.15) is 0 Å². The molecular weight excluding hydrogens is 234 g/mol. The summed E-state index contributed by atoms with van der Waals surface area (Å²) in [5.74, 6) is 2.09. The van der Waals surface area contributed by atoms with Crippen molar-refractivity contribution < 1.29 is 14.0 Å². The smallest absolute Gasteiger partial charge is 0.223 e. The standard InChI is InChI=1S/C12H15N3O3/c1-7-14-12(15-18-7)10(13)8-5-4-6-9(16-2)11(8)17-3/h4-6,10H,13H2,1-3H3. The lowest BCUT2D eigenvalue weighted by molar-refractivity contribution is 0.349. The lowest BCUT2D eigenvalue weighted by Gasteiger charge is -2.15. The quantitative estimate of drug-likeness (QED) is 0.882. The van der Waals surface area contributed by atoms with Gasteiger partial charge in [-0.2, -0.15) is 4.98 Å². The molecule has 0 radical (unpaired) electrons. The van der Waals surface area contributed by atoms with Crippen LogP contribution in [0.15, 0.2) is 22.7 Å². The predicted octanol–water partition coefficient (Wildman–Crippen LogP) is 1.44. The topological polar surface area (TPSA) is 83.4 Å². The van der Waals surface area contributed by atoms with Crippen molar-refractivity contribution in [1.29, 1.82) is 0 Å². The van der Waals surface area contributed by atoms with Crippen LogP contribution in [0.1, 0.15) is 23.3 Å². The Balaban J connectivity index is 2.44. The van der Waals surface area contributed by atoms with Crippen molar-refractivity contribution in [3.05, 3.63) is 35.5 Å². The van der Waals surface area contributed by atoms with Gasteiger partial charge in [-0.05, 0) is 6.07 Å². The highest BCUT2D eigenvalue weighted by Crippen LogP contribution is 2.35. The van der Waals surface area contributed by atoms with Crippen LogP contribution in [0.5, 0.6) is 11.5 Å². The second kappa shape index (κ2) is 5.05. The molecule has 0 amide bonds. The maximum atomic E-state index is 6.11. The Hall–Kier alpha value is -2.08. The molecule has 1 aromatic carbocycles. The number of nitrogens with two attached hydrogens (primary N) is 1. The van der Waals surface area contributed by atoms with E-state index < -0.39 is 6.04 Å². The molecule has 0 saturated carbocycles. The summed E-state index contributed by atoms with van der Waals surface area (Å²) in [6.07, 6.45) is 0. The highest BCUT2D eigenvalue weighted by molar-refractivity contribution is 5.49. The van der Waals surface area contributed by atoms with Gasteiger partial charge in [0, 0.05) is 12.5 Å². The van der Waals surface area contributed by atoms with Gasteiger partial charge in [-0.15, -0.1) is 0 Å². The lowest BCUT2D eigenvalue weighted by Crippen LogP contribution is -2.15. The summed E-state index contributed by atoms with van der Waals surface area (Å²) in [7, 11) is 3.14. The molecule has 2 N–H and O–H groups in total. The van der Waals surface area contributed by atoms with Gasteiger partial charge in [0.2, 0.25) is 5.89 Å².